The summed E-state index contributed by atoms with van der Waals surface area (Å²) in [5.74, 6) is 1.65. The molecule has 4 aromatic rings. The third-order valence-electron chi connectivity index (χ3n) is 4.48. The molecule has 0 unspecified atom stereocenters. The zero-order valence-corrected chi connectivity index (χ0v) is 18.0. The van der Waals surface area contributed by atoms with E-state index in [1.807, 2.05) is 49.4 Å². The maximum atomic E-state index is 13.0. The van der Waals surface area contributed by atoms with Gasteiger partial charge in [-0.25, -0.2) is 4.79 Å². The highest BCUT2D eigenvalue weighted by molar-refractivity contribution is 6.15. The van der Waals surface area contributed by atoms with Gasteiger partial charge in [0.25, 0.3) is 0 Å². The predicted molar refractivity (Wildman–Crippen MR) is 120 cm³/mol. The van der Waals surface area contributed by atoms with Crippen molar-refractivity contribution in [2.24, 2.45) is 0 Å². The van der Waals surface area contributed by atoms with Crippen LogP contribution in [0.25, 0.3) is 23.2 Å². The van der Waals surface area contributed by atoms with Crippen molar-refractivity contribution in [1.29, 1.82) is 0 Å². The summed E-state index contributed by atoms with van der Waals surface area (Å²) < 4.78 is 23.2. The Morgan fingerprint density at radius 2 is 1.73 bits per heavy atom. The number of carbonyl (C=O) groups is 1. The standard InChI is InChI=1S/C24H22N4O5/c1-2-30-19-10-12-20(13-11-19)32-15-16-33-24(29)22(17-21-9-6-14-31-21)28-23(25-26-27-28)18-7-4-3-5-8-18/h3-14,17H,2,15-16H2,1H3/b22-17-. The Labute approximate surface area is 190 Å². The van der Waals surface area contributed by atoms with Crippen LogP contribution in [-0.4, -0.2) is 46.0 Å². The van der Waals surface area contributed by atoms with Crippen molar-refractivity contribution in [2.45, 2.75) is 6.92 Å². The van der Waals surface area contributed by atoms with Crippen molar-refractivity contribution in [3.63, 3.8) is 0 Å². The van der Waals surface area contributed by atoms with Crippen LogP contribution in [0.5, 0.6) is 11.5 Å². The summed E-state index contributed by atoms with van der Waals surface area (Å²) in [4.78, 5) is 13.0. The first-order valence-corrected chi connectivity index (χ1v) is 10.4. The van der Waals surface area contributed by atoms with Crippen LogP contribution in [0.15, 0.2) is 77.4 Å². The molecule has 0 spiro atoms. The molecule has 9 heteroatoms. The van der Waals surface area contributed by atoms with Gasteiger partial charge in [0.1, 0.15) is 30.5 Å². The number of ether oxygens (including phenoxy) is 3. The number of nitrogens with zero attached hydrogens (tertiary/aromatic N) is 4. The zero-order valence-electron chi connectivity index (χ0n) is 18.0. The Morgan fingerprint density at radius 1 is 0.970 bits per heavy atom. The lowest BCUT2D eigenvalue weighted by molar-refractivity contribution is -0.137. The highest BCUT2D eigenvalue weighted by atomic mass is 16.6. The maximum absolute atomic E-state index is 13.0. The average molecular weight is 446 g/mol. The molecule has 0 saturated carbocycles. The molecule has 0 aliphatic carbocycles. The first-order valence-electron chi connectivity index (χ1n) is 10.4. The Balaban J connectivity index is 1.45. The number of benzene rings is 2. The minimum Gasteiger partial charge on any atom is -0.494 e. The van der Waals surface area contributed by atoms with E-state index in [0.29, 0.717) is 23.9 Å². The molecule has 2 aromatic heterocycles. The number of rotatable bonds is 10. The Morgan fingerprint density at radius 3 is 2.42 bits per heavy atom. The van der Waals surface area contributed by atoms with Gasteiger partial charge in [-0.3, -0.25) is 0 Å². The third-order valence-corrected chi connectivity index (χ3v) is 4.48. The second kappa shape index (κ2) is 10.8. The number of tetrazole rings is 1. The number of carbonyl (C=O) groups excluding carboxylic acids is 1. The molecular weight excluding hydrogens is 424 g/mol. The monoisotopic (exact) mass is 446 g/mol. The molecule has 9 nitrogen and oxygen atoms in total. The van der Waals surface area contributed by atoms with Gasteiger partial charge in [0.2, 0.25) is 0 Å². The van der Waals surface area contributed by atoms with E-state index in [9.17, 15) is 4.79 Å². The Hall–Kier alpha value is -4.40. The molecule has 0 fully saturated rings. The van der Waals surface area contributed by atoms with Gasteiger partial charge in [-0.2, -0.15) is 4.68 Å². The van der Waals surface area contributed by atoms with Crippen LogP contribution in [-0.2, 0) is 9.53 Å². The summed E-state index contributed by atoms with van der Waals surface area (Å²) in [5, 5.41) is 11.8. The van der Waals surface area contributed by atoms with Crippen LogP contribution < -0.4 is 9.47 Å². The highest BCUT2D eigenvalue weighted by Gasteiger charge is 2.21. The van der Waals surface area contributed by atoms with E-state index in [1.54, 1.807) is 24.3 Å². The van der Waals surface area contributed by atoms with Gasteiger partial charge in [0, 0.05) is 11.6 Å². The van der Waals surface area contributed by atoms with Crippen molar-refractivity contribution in [1.82, 2.24) is 20.2 Å². The van der Waals surface area contributed by atoms with Crippen LogP contribution in [0.4, 0.5) is 0 Å². The third kappa shape index (κ3) is 5.65. The lowest BCUT2D eigenvalue weighted by Crippen LogP contribution is -2.18. The van der Waals surface area contributed by atoms with Crippen molar-refractivity contribution < 1.29 is 23.4 Å². The normalized spacial score (nSPS) is 11.2. The highest BCUT2D eigenvalue weighted by Crippen LogP contribution is 2.21. The smallest absolute Gasteiger partial charge is 0.357 e. The summed E-state index contributed by atoms with van der Waals surface area (Å²) in [7, 11) is 0. The van der Waals surface area contributed by atoms with E-state index in [0.717, 1.165) is 11.3 Å². The van der Waals surface area contributed by atoms with Gasteiger partial charge in [-0.1, -0.05) is 30.3 Å². The molecule has 0 atom stereocenters. The zero-order chi connectivity index (χ0) is 22.9. The first kappa shape index (κ1) is 21.8. The Kier molecular flexibility index (Phi) is 7.11. The van der Waals surface area contributed by atoms with Crippen molar-refractivity contribution in [3.05, 3.63) is 78.8 Å². The number of aromatic nitrogens is 4. The van der Waals surface area contributed by atoms with E-state index >= 15 is 0 Å². The largest absolute Gasteiger partial charge is 0.494 e. The second-order valence-corrected chi connectivity index (χ2v) is 6.71. The summed E-state index contributed by atoms with van der Waals surface area (Å²) in [6.07, 6.45) is 3.04. The quantitative estimate of drug-likeness (QED) is 0.205. The molecule has 168 valence electrons. The van der Waals surface area contributed by atoms with Crippen LogP contribution in [0.3, 0.4) is 0 Å². The summed E-state index contributed by atoms with van der Waals surface area (Å²) in [6, 6.07) is 20.0. The van der Waals surface area contributed by atoms with E-state index in [-0.39, 0.29) is 18.9 Å². The van der Waals surface area contributed by atoms with Crippen molar-refractivity contribution >= 4 is 17.7 Å². The number of furan rings is 1. The van der Waals surface area contributed by atoms with Gasteiger partial charge >= 0.3 is 5.97 Å². The van der Waals surface area contributed by atoms with Crippen LogP contribution in [0, 0.1) is 0 Å². The maximum Gasteiger partial charge on any atom is 0.357 e. The Bertz CT molecular complexity index is 1190. The predicted octanol–water partition coefficient (Wildman–Crippen LogP) is 3.95. The van der Waals surface area contributed by atoms with Gasteiger partial charge in [-0.15, -0.1) is 5.10 Å². The first-order chi connectivity index (χ1) is 16.2. The molecular formula is C24H22N4O5. The second-order valence-electron chi connectivity index (χ2n) is 6.71. The molecule has 2 heterocycles. The minimum atomic E-state index is -0.619. The van der Waals surface area contributed by atoms with Crippen LogP contribution >= 0.6 is 0 Å². The molecule has 0 aliphatic rings. The molecule has 0 bridgehead atoms. The molecule has 4 rings (SSSR count). The number of esters is 1. The fourth-order valence-corrected chi connectivity index (χ4v) is 3.00. The lowest BCUT2D eigenvalue weighted by atomic mass is 10.2. The van der Waals surface area contributed by atoms with Gasteiger partial charge in [-0.05, 0) is 53.7 Å². The van der Waals surface area contributed by atoms with Crippen molar-refractivity contribution in [3.8, 4) is 22.9 Å². The molecule has 33 heavy (non-hydrogen) atoms. The van der Waals surface area contributed by atoms with Crippen molar-refractivity contribution in [2.75, 3.05) is 19.8 Å². The van der Waals surface area contributed by atoms with E-state index in [4.69, 9.17) is 18.6 Å². The van der Waals surface area contributed by atoms with Crippen LogP contribution in [0.2, 0.25) is 0 Å². The number of hydrogen-bond donors (Lipinski definition) is 0. The molecule has 0 N–H and O–H groups in total. The van der Waals surface area contributed by atoms with E-state index in [1.165, 1.54) is 17.0 Å². The number of hydrogen-bond acceptors (Lipinski definition) is 8. The molecule has 2 aromatic carbocycles. The fraction of sp³-hybridized carbons (Fsp3) is 0.167. The fourth-order valence-electron chi connectivity index (χ4n) is 3.00. The molecule has 0 radical (unpaired) electrons. The average Bonchev–Trinajstić information content (AvgIpc) is 3.54. The van der Waals surface area contributed by atoms with Gasteiger partial charge < -0.3 is 18.6 Å². The van der Waals surface area contributed by atoms with Gasteiger partial charge in [0.05, 0.1) is 12.9 Å². The summed E-state index contributed by atoms with van der Waals surface area (Å²) >= 11 is 0. The van der Waals surface area contributed by atoms with Gasteiger partial charge in [0.15, 0.2) is 11.5 Å². The lowest BCUT2D eigenvalue weighted by Gasteiger charge is -2.11. The summed E-state index contributed by atoms with van der Waals surface area (Å²) in [5.41, 5.74) is 0.856. The minimum absolute atomic E-state index is 0.0321. The SMILES string of the molecule is CCOc1ccc(OCCOC(=O)/C(=C/c2ccco2)n2nnnc2-c2ccccc2)cc1. The van der Waals surface area contributed by atoms with E-state index < -0.39 is 5.97 Å². The van der Waals surface area contributed by atoms with E-state index in [2.05, 4.69) is 15.5 Å². The molecule has 0 aliphatic heterocycles. The topological polar surface area (TPSA) is 102 Å². The van der Waals surface area contributed by atoms with Crippen LogP contribution in [0.1, 0.15) is 12.7 Å². The molecule has 0 amide bonds. The molecule has 0 saturated heterocycles. The summed E-state index contributed by atoms with van der Waals surface area (Å²) in [6.45, 7) is 2.72.